The highest BCUT2D eigenvalue weighted by Gasteiger charge is 2.54. The summed E-state index contributed by atoms with van der Waals surface area (Å²) < 4.78 is 16.7. The highest BCUT2D eigenvalue weighted by molar-refractivity contribution is 5.73. The lowest BCUT2D eigenvalue weighted by atomic mass is 9.87. The first-order chi connectivity index (χ1) is 18.7. The van der Waals surface area contributed by atoms with Crippen LogP contribution in [0.4, 0.5) is 0 Å². The molecule has 0 amide bonds. The van der Waals surface area contributed by atoms with Crippen molar-refractivity contribution in [2.24, 2.45) is 5.41 Å². The first kappa shape index (κ1) is 27.1. The molecular formula is C31H36N2O6. The molecule has 0 aliphatic heterocycles. The van der Waals surface area contributed by atoms with Crippen molar-refractivity contribution >= 4 is 5.97 Å². The van der Waals surface area contributed by atoms with Crippen molar-refractivity contribution in [1.82, 2.24) is 9.97 Å². The summed E-state index contributed by atoms with van der Waals surface area (Å²) in [5.74, 6) is 0.918. The summed E-state index contributed by atoms with van der Waals surface area (Å²) in [7, 11) is 1.46. The lowest BCUT2D eigenvalue weighted by molar-refractivity contribution is -0.141. The molecule has 1 heterocycles. The van der Waals surface area contributed by atoms with Crippen molar-refractivity contribution in [3.63, 3.8) is 0 Å². The monoisotopic (exact) mass is 532 g/mol. The molecule has 0 bridgehead atoms. The zero-order chi connectivity index (χ0) is 27.7. The molecule has 5 rings (SSSR count). The van der Waals surface area contributed by atoms with Crippen LogP contribution in [0.3, 0.4) is 0 Å². The number of methoxy groups -OCH3 is 1. The lowest BCUT2D eigenvalue weighted by Crippen LogP contribution is -2.22. The first-order valence-corrected chi connectivity index (χ1v) is 13.4. The molecular weight excluding hydrogens is 496 g/mol. The number of hydrogen-bond acceptors (Lipinski definition) is 8. The fourth-order valence-electron chi connectivity index (χ4n) is 5.89. The molecule has 2 atom stereocenters. The summed E-state index contributed by atoms with van der Waals surface area (Å²) in [4.78, 5) is 21.0. The number of esters is 1. The van der Waals surface area contributed by atoms with Crippen molar-refractivity contribution in [2.75, 3.05) is 20.3 Å². The van der Waals surface area contributed by atoms with E-state index in [-0.39, 0.29) is 36.5 Å². The molecule has 1 saturated carbocycles. The Morgan fingerprint density at radius 3 is 2.51 bits per heavy atom. The molecule has 2 aromatic carbocycles. The van der Waals surface area contributed by atoms with E-state index in [2.05, 4.69) is 41.2 Å². The van der Waals surface area contributed by atoms with Gasteiger partial charge in [0.25, 0.3) is 0 Å². The van der Waals surface area contributed by atoms with Crippen molar-refractivity contribution in [3.8, 4) is 22.9 Å². The maximum Gasteiger partial charge on any atom is 0.316 e. The zero-order valence-electron chi connectivity index (χ0n) is 23.0. The number of rotatable bonds is 10. The van der Waals surface area contributed by atoms with Crippen LogP contribution in [0.2, 0.25) is 0 Å². The Hall–Kier alpha value is -3.49. The third-order valence-electron chi connectivity index (χ3n) is 8.24. The van der Waals surface area contributed by atoms with Gasteiger partial charge in [-0.3, -0.25) is 4.79 Å². The Morgan fingerprint density at radius 1 is 1.10 bits per heavy atom. The minimum atomic E-state index is -0.977. The maximum absolute atomic E-state index is 12.0. The number of benzene rings is 2. The van der Waals surface area contributed by atoms with Crippen LogP contribution in [0.15, 0.2) is 36.4 Å². The van der Waals surface area contributed by atoms with Crippen LogP contribution < -0.4 is 9.47 Å². The third kappa shape index (κ3) is 5.49. The molecule has 1 aromatic heterocycles. The predicted molar refractivity (Wildman–Crippen MR) is 146 cm³/mol. The van der Waals surface area contributed by atoms with Crippen molar-refractivity contribution in [2.45, 2.75) is 65.1 Å². The number of aromatic nitrogens is 2. The smallest absolute Gasteiger partial charge is 0.316 e. The number of fused-ring (bicyclic) bond motifs is 1. The van der Waals surface area contributed by atoms with Gasteiger partial charge in [-0.1, -0.05) is 24.3 Å². The van der Waals surface area contributed by atoms with Gasteiger partial charge in [0.15, 0.2) is 0 Å². The quantitative estimate of drug-likeness (QED) is 0.371. The summed E-state index contributed by atoms with van der Waals surface area (Å²) in [5, 5.41) is 18.6. The third-order valence-corrected chi connectivity index (χ3v) is 8.24. The van der Waals surface area contributed by atoms with Crippen LogP contribution in [0.25, 0.3) is 11.1 Å². The molecule has 0 radical (unpaired) electrons. The van der Waals surface area contributed by atoms with Crippen molar-refractivity contribution in [1.29, 1.82) is 0 Å². The first-order valence-electron chi connectivity index (χ1n) is 13.4. The highest BCUT2D eigenvalue weighted by Crippen LogP contribution is 2.64. The summed E-state index contributed by atoms with van der Waals surface area (Å²) in [6.45, 7) is 5.86. The number of carbonyl (C=O) groups excluding carboxylic acids is 1. The number of nitrogens with zero attached hydrogens (tertiary/aromatic N) is 2. The van der Waals surface area contributed by atoms with E-state index in [1.807, 2.05) is 26.0 Å². The predicted octanol–water partition coefficient (Wildman–Crippen LogP) is 4.36. The largest absolute Gasteiger partial charge is 0.489 e. The van der Waals surface area contributed by atoms with E-state index in [9.17, 15) is 9.90 Å². The van der Waals surface area contributed by atoms with Gasteiger partial charge in [-0.05, 0) is 85.4 Å². The minimum Gasteiger partial charge on any atom is -0.489 e. The molecule has 0 saturated heterocycles. The second-order valence-corrected chi connectivity index (χ2v) is 10.8. The fraction of sp³-hybridized carbons (Fsp3) is 0.452. The number of ether oxygens (including phenoxy) is 3. The molecule has 2 N–H and O–H groups in total. The maximum atomic E-state index is 12.0. The summed E-state index contributed by atoms with van der Waals surface area (Å²) in [6.07, 6.45) is 2.77. The summed E-state index contributed by atoms with van der Waals surface area (Å²) in [6, 6.07) is 12.6. The fourth-order valence-corrected chi connectivity index (χ4v) is 5.89. The van der Waals surface area contributed by atoms with Crippen molar-refractivity contribution in [3.05, 3.63) is 70.0 Å². The van der Waals surface area contributed by atoms with E-state index in [1.54, 1.807) is 0 Å². The highest BCUT2D eigenvalue weighted by atomic mass is 16.5. The number of aliphatic hydroxyl groups is 2. The van der Waals surface area contributed by atoms with Crippen LogP contribution in [-0.4, -0.2) is 52.6 Å². The molecule has 3 aromatic rings. The van der Waals surface area contributed by atoms with Gasteiger partial charge in [0, 0.05) is 11.5 Å². The average Bonchev–Trinajstić information content (AvgIpc) is 3.63. The molecule has 39 heavy (non-hydrogen) atoms. The van der Waals surface area contributed by atoms with E-state index in [4.69, 9.17) is 19.3 Å². The van der Waals surface area contributed by atoms with Crippen LogP contribution in [0, 0.1) is 26.2 Å². The Bertz CT molecular complexity index is 1360. The molecule has 2 aliphatic carbocycles. The molecule has 1 fully saturated rings. The average molecular weight is 533 g/mol. The molecule has 8 nitrogen and oxygen atoms in total. The Balaban J connectivity index is 1.32. The van der Waals surface area contributed by atoms with Gasteiger partial charge in [0.1, 0.15) is 25.1 Å². The number of aliphatic hydroxyl groups excluding tert-OH is 2. The van der Waals surface area contributed by atoms with Gasteiger partial charge in [-0.15, -0.1) is 0 Å². The van der Waals surface area contributed by atoms with E-state index < -0.39 is 6.10 Å². The summed E-state index contributed by atoms with van der Waals surface area (Å²) >= 11 is 0. The van der Waals surface area contributed by atoms with Gasteiger partial charge in [-0.2, -0.15) is 9.97 Å². The van der Waals surface area contributed by atoms with Gasteiger partial charge in [0.05, 0.1) is 31.5 Å². The Labute approximate surface area is 229 Å². The minimum absolute atomic E-state index is 0.0732. The molecule has 2 aliphatic rings. The van der Waals surface area contributed by atoms with E-state index in [0.29, 0.717) is 13.0 Å². The molecule has 1 spiro atoms. The SMILES string of the molecule is COC(=O)CC1c2ccc(OCc3cccc(-c4c(C)nc(OC[C@H](O)CO)nc4C)c3C)cc2CC12CC2. The number of hydrogen-bond donors (Lipinski definition) is 2. The van der Waals surface area contributed by atoms with Crippen molar-refractivity contribution < 1.29 is 29.2 Å². The number of carbonyl (C=O) groups is 1. The molecule has 206 valence electrons. The Morgan fingerprint density at radius 2 is 1.85 bits per heavy atom. The Kier molecular flexibility index (Phi) is 7.60. The van der Waals surface area contributed by atoms with E-state index >= 15 is 0 Å². The van der Waals surface area contributed by atoms with Gasteiger partial charge >= 0.3 is 12.0 Å². The van der Waals surface area contributed by atoms with Gasteiger partial charge < -0.3 is 24.4 Å². The lowest BCUT2D eigenvalue weighted by Gasteiger charge is -2.18. The van der Waals surface area contributed by atoms with Crippen LogP contribution in [0.5, 0.6) is 11.8 Å². The van der Waals surface area contributed by atoms with E-state index in [0.717, 1.165) is 58.7 Å². The second-order valence-electron chi connectivity index (χ2n) is 10.8. The molecule has 8 heteroatoms. The van der Waals surface area contributed by atoms with Crippen LogP contribution >= 0.6 is 0 Å². The van der Waals surface area contributed by atoms with Gasteiger partial charge in [-0.25, -0.2) is 0 Å². The normalized spacial score (nSPS) is 17.5. The summed E-state index contributed by atoms with van der Waals surface area (Å²) in [5.41, 5.74) is 8.42. The zero-order valence-corrected chi connectivity index (χ0v) is 23.0. The van der Waals surface area contributed by atoms with E-state index in [1.165, 1.54) is 18.2 Å². The van der Waals surface area contributed by atoms with Crippen LogP contribution in [-0.2, 0) is 22.6 Å². The standard InChI is InChI=1S/C31H36N2O6/c1-18-21(6-5-7-25(18)29-19(2)32-30(33-20(29)3)39-17-23(35)15-34)16-38-24-8-9-26-22(12-24)14-31(10-11-31)27(26)13-28(36)37-4/h5-9,12,23,27,34-35H,10-11,13-17H2,1-4H3/t23-,27?/m1/s1. The second kappa shape index (κ2) is 10.9. The molecule has 1 unspecified atom stereocenters. The topological polar surface area (TPSA) is 111 Å². The number of aryl methyl sites for hydroxylation is 2. The van der Waals surface area contributed by atoms with Crippen LogP contribution in [0.1, 0.15) is 58.8 Å². The van der Waals surface area contributed by atoms with Gasteiger partial charge in [0.2, 0.25) is 0 Å².